The summed E-state index contributed by atoms with van der Waals surface area (Å²) in [6, 6.07) is 4.48. The standard InChI is InChI=1S/C18H25N3O2S/c22-18(13-21-10-7-19-14-21)5-8-20(9-6-18)12-15-3-4-17(24-15)16-2-1-11-23-16/h3-4,7,10,14,16,22H,1-2,5-6,8-9,11-13H2/t16-/m1/s1. The van der Waals surface area contributed by atoms with E-state index < -0.39 is 5.60 Å². The van der Waals surface area contributed by atoms with E-state index in [1.54, 1.807) is 12.5 Å². The van der Waals surface area contributed by atoms with Crippen LogP contribution in [-0.2, 0) is 17.8 Å². The second-order valence-electron chi connectivity index (χ2n) is 7.04. The molecule has 4 heterocycles. The number of thiophene rings is 1. The Bertz CT molecular complexity index is 641. The summed E-state index contributed by atoms with van der Waals surface area (Å²) < 4.78 is 7.75. The van der Waals surface area contributed by atoms with Crippen molar-refractivity contribution in [1.29, 1.82) is 0 Å². The van der Waals surface area contributed by atoms with Crippen LogP contribution < -0.4 is 0 Å². The highest BCUT2D eigenvalue weighted by atomic mass is 32.1. The first-order valence-corrected chi connectivity index (χ1v) is 9.63. The van der Waals surface area contributed by atoms with Gasteiger partial charge in [0, 0.05) is 48.4 Å². The van der Waals surface area contributed by atoms with Crippen molar-refractivity contribution in [3.05, 3.63) is 40.6 Å². The van der Waals surface area contributed by atoms with Gasteiger partial charge >= 0.3 is 0 Å². The maximum atomic E-state index is 10.8. The third-order valence-electron chi connectivity index (χ3n) is 5.13. The van der Waals surface area contributed by atoms with E-state index in [9.17, 15) is 5.11 Å². The number of piperidine rings is 1. The Hall–Kier alpha value is -1.21. The van der Waals surface area contributed by atoms with Crippen LogP contribution in [0.2, 0.25) is 0 Å². The number of imidazole rings is 1. The highest BCUT2D eigenvalue weighted by Gasteiger charge is 2.32. The zero-order valence-electron chi connectivity index (χ0n) is 13.9. The Labute approximate surface area is 146 Å². The Balaban J connectivity index is 1.30. The molecular weight excluding hydrogens is 322 g/mol. The third kappa shape index (κ3) is 3.72. The fraction of sp³-hybridized carbons (Fsp3) is 0.611. The van der Waals surface area contributed by atoms with Crippen LogP contribution in [0.15, 0.2) is 30.9 Å². The quantitative estimate of drug-likeness (QED) is 0.904. The molecule has 2 aromatic rings. The Morgan fingerprint density at radius 3 is 2.92 bits per heavy atom. The van der Waals surface area contributed by atoms with Crippen molar-refractivity contribution >= 4 is 11.3 Å². The van der Waals surface area contributed by atoms with E-state index in [-0.39, 0.29) is 0 Å². The van der Waals surface area contributed by atoms with E-state index in [0.29, 0.717) is 12.6 Å². The molecule has 0 spiro atoms. The van der Waals surface area contributed by atoms with Gasteiger partial charge in [0.1, 0.15) is 0 Å². The van der Waals surface area contributed by atoms with Crippen LogP contribution in [0.4, 0.5) is 0 Å². The molecule has 2 aliphatic rings. The van der Waals surface area contributed by atoms with Crippen molar-refractivity contribution in [2.24, 2.45) is 0 Å². The summed E-state index contributed by atoms with van der Waals surface area (Å²) >= 11 is 1.89. The van der Waals surface area contributed by atoms with Gasteiger partial charge in [0.25, 0.3) is 0 Å². The van der Waals surface area contributed by atoms with Gasteiger partial charge in [-0.05, 0) is 37.8 Å². The fourth-order valence-electron chi connectivity index (χ4n) is 3.68. The largest absolute Gasteiger partial charge is 0.388 e. The molecule has 5 nitrogen and oxygen atoms in total. The van der Waals surface area contributed by atoms with Gasteiger partial charge in [-0.3, -0.25) is 4.90 Å². The molecule has 1 atom stereocenters. The summed E-state index contributed by atoms with van der Waals surface area (Å²) in [5.74, 6) is 0. The Morgan fingerprint density at radius 2 is 2.21 bits per heavy atom. The number of aliphatic hydroxyl groups is 1. The first-order chi connectivity index (χ1) is 11.7. The SMILES string of the molecule is OC1(Cn2ccnc2)CCN(Cc2ccc([C@H]3CCCO3)s2)CC1. The van der Waals surface area contributed by atoms with Crippen LogP contribution in [0, 0.1) is 0 Å². The fourth-order valence-corrected chi connectivity index (χ4v) is 4.82. The van der Waals surface area contributed by atoms with Gasteiger partial charge in [-0.25, -0.2) is 4.98 Å². The highest BCUT2D eigenvalue weighted by molar-refractivity contribution is 7.12. The predicted molar refractivity (Wildman–Crippen MR) is 93.9 cm³/mol. The van der Waals surface area contributed by atoms with Gasteiger partial charge in [0.15, 0.2) is 0 Å². The highest BCUT2D eigenvalue weighted by Crippen LogP contribution is 2.34. The number of nitrogens with zero attached hydrogens (tertiary/aromatic N) is 3. The minimum atomic E-state index is -0.602. The number of hydrogen-bond acceptors (Lipinski definition) is 5. The Kier molecular flexibility index (Phi) is 4.72. The molecule has 2 saturated heterocycles. The molecule has 24 heavy (non-hydrogen) atoms. The lowest BCUT2D eigenvalue weighted by Crippen LogP contribution is -2.46. The molecule has 2 fully saturated rings. The second kappa shape index (κ2) is 6.96. The van der Waals surface area contributed by atoms with Crippen LogP contribution >= 0.6 is 11.3 Å². The number of ether oxygens (including phenoxy) is 1. The maximum Gasteiger partial charge on any atom is 0.0946 e. The molecule has 0 radical (unpaired) electrons. The lowest BCUT2D eigenvalue weighted by atomic mass is 9.91. The van der Waals surface area contributed by atoms with Gasteiger partial charge in [-0.15, -0.1) is 11.3 Å². The normalized spacial score (nSPS) is 24.5. The van der Waals surface area contributed by atoms with Gasteiger partial charge in [-0.1, -0.05) is 0 Å². The zero-order valence-corrected chi connectivity index (χ0v) is 14.7. The van der Waals surface area contributed by atoms with Crippen molar-refractivity contribution in [1.82, 2.24) is 14.5 Å². The summed E-state index contributed by atoms with van der Waals surface area (Å²) in [5.41, 5.74) is -0.602. The van der Waals surface area contributed by atoms with E-state index in [1.807, 2.05) is 22.1 Å². The van der Waals surface area contributed by atoms with E-state index in [1.165, 1.54) is 16.2 Å². The van der Waals surface area contributed by atoms with Crippen LogP contribution in [-0.4, -0.2) is 44.9 Å². The van der Waals surface area contributed by atoms with Crippen molar-refractivity contribution in [3.63, 3.8) is 0 Å². The second-order valence-corrected chi connectivity index (χ2v) is 8.24. The van der Waals surface area contributed by atoms with Gasteiger partial charge < -0.3 is 14.4 Å². The molecule has 130 valence electrons. The van der Waals surface area contributed by atoms with Crippen molar-refractivity contribution in [2.45, 2.75) is 50.5 Å². The molecule has 4 rings (SSSR count). The molecule has 2 aromatic heterocycles. The lowest BCUT2D eigenvalue weighted by molar-refractivity contribution is -0.0355. The zero-order chi connectivity index (χ0) is 16.4. The summed E-state index contributed by atoms with van der Waals surface area (Å²) in [5, 5.41) is 10.8. The van der Waals surface area contributed by atoms with Gasteiger partial charge in [0.05, 0.1) is 24.6 Å². The first kappa shape index (κ1) is 16.3. The van der Waals surface area contributed by atoms with E-state index >= 15 is 0 Å². The van der Waals surface area contributed by atoms with Crippen molar-refractivity contribution in [3.8, 4) is 0 Å². The molecule has 0 amide bonds. The lowest BCUT2D eigenvalue weighted by Gasteiger charge is -2.38. The predicted octanol–water partition coefficient (Wildman–Crippen LogP) is 2.82. The first-order valence-electron chi connectivity index (χ1n) is 8.81. The molecule has 0 aromatic carbocycles. The molecular formula is C18H25N3O2S. The monoisotopic (exact) mass is 347 g/mol. The minimum absolute atomic E-state index is 0.324. The van der Waals surface area contributed by atoms with Crippen molar-refractivity contribution < 1.29 is 9.84 Å². The third-order valence-corrected chi connectivity index (χ3v) is 6.29. The van der Waals surface area contributed by atoms with Crippen molar-refractivity contribution in [2.75, 3.05) is 19.7 Å². The number of aromatic nitrogens is 2. The van der Waals surface area contributed by atoms with E-state index in [2.05, 4.69) is 22.0 Å². The molecule has 2 aliphatic heterocycles. The van der Waals surface area contributed by atoms with Crippen LogP contribution in [0.3, 0.4) is 0 Å². The summed E-state index contributed by atoms with van der Waals surface area (Å²) in [6.07, 6.45) is 9.76. The Morgan fingerprint density at radius 1 is 1.33 bits per heavy atom. The summed E-state index contributed by atoms with van der Waals surface area (Å²) in [4.78, 5) is 9.28. The molecule has 0 aliphatic carbocycles. The minimum Gasteiger partial charge on any atom is -0.388 e. The van der Waals surface area contributed by atoms with Crippen LogP contribution in [0.1, 0.15) is 41.5 Å². The summed E-state index contributed by atoms with van der Waals surface area (Å²) in [7, 11) is 0. The number of likely N-dealkylation sites (tertiary alicyclic amines) is 1. The topological polar surface area (TPSA) is 50.5 Å². The summed E-state index contributed by atoms with van der Waals surface area (Å²) in [6.45, 7) is 4.41. The van der Waals surface area contributed by atoms with Gasteiger partial charge in [0.2, 0.25) is 0 Å². The number of rotatable bonds is 5. The number of hydrogen-bond donors (Lipinski definition) is 1. The van der Waals surface area contributed by atoms with E-state index in [0.717, 1.165) is 45.5 Å². The van der Waals surface area contributed by atoms with E-state index in [4.69, 9.17) is 4.74 Å². The molecule has 0 bridgehead atoms. The average molecular weight is 347 g/mol. The average Bonchev–Trinajstić information content (AvgIpc) is 3.31. The molecule has 0 unspecified atom stereocenters. The molecule has 0 saturated carbocycles. The van der Waals surface area contributed by atoms with Gasteiger partial charge in [-0.2, -0.15) is 0 Å². The molecule has 1 N–H and O–H groups in total. The smallest absolute Gasteiger partial charge is 0.0946 e. The van der Waals surface area contributed by atoms with Crippen LogP contribution in [0.25, 0.3) is 0 Å². The maximum absolute atomic E-state index is 10.8. The van der Waals surface area contributed by atoms with Crippen LogP contribution in [0.5, 0.6) is 0 Å². The molecule has 6 heteroatoms.